The van der Waals surface area contributed by atoms with Crippen LogP contribution in [0.3, 0.4) is 0 Å². The van der Waals surface area contributed by atoms with Crippen molar-refractivity contribution < 1.29 is 29.9 Å². The second-order valence-corrected chi connectivity index (χ2v) is 13.3. The normalized spacial score (nSPS) is 22.1. The predicted molar refractivity (Wildman–Crippen MR) is 185 cm³/mol. The van der Waals surface area contributed by atoms with Gasteiger partial charge >= 0.3 is 0 Å². The number of β-amino-alcohol motifs (C(OH)–C–C–N with tert-alkyl or cyclic N) is 4. The van der Waals surface area contributed by atoms with Crippen molar-refractivity contribution in [1.82, 2.24) is 19.8 Å². The minimum Gasteiger partial charge on any atom is -0.481 e. The molecule has 0 unspecified atom stereocenters. The van der Waals surface area contributed by atoms with E-state index in [0.717, 1.165) is 22.3 Å². The molecule has 2 fully saturated rings. The standard InChI is InChI=1S/C36H40Cl2N4O6/c1-47-35-21(15-41-17-23(43)13-24(44)18-41)9-11-31(39-35)29-7-3-5-27(33(29)37)28-6-4-8-30(34(28)38)32-12-10-22(36(40-32)48-2)16-42-19-25(45)14-26(46)20-42/h3-12,23-26,43-46H,13-20H2,1-2H3/t23-,24+,25-,26+. The molecule has 2 saturated heterocycles. The van der Waals surface area contributed by atoms with Gasteiger partial charge in [0.2, 0.25) is 11.8 Å². The van der Waals surface area contributed by atoms with Gasteiger partial charge in [0, 0.05) is 85.5 Å². The van der Waals surface area contributed by atoms with Crippen LogP contribution in [0.5, 0.6) is 11.8 Å². The number of nitrogens with zero attached hydrogens (tertiary/aromatic N) is 4. The predicted octanol–water partition coefficient (Wildman–Crippen LogP) is 4.66. The number of benzene rings is 2. The van der Waals surface area contributed by atoms with Gasteiger partial charge < -0.3 is 29.9 Å². The van der Waals surface area contributed by atoms with Crippen molar-refractivity contribution in [3.63, 3.8) is 0 Å². The van der Waals surface area contributed by atoms with E-state index < -0.39 is 24.4 Å². The third-order valence-corrected chi connectivity index (χ3v) is 9.67. The maximum absolute atomic E-state index is 10.1. The fourth-order valence-corrected chi connectivity index (χ4v) is 7.37. The molecule has 0 radical (unpaired) electrons. The van der Waals surface area contributed by atoms with E-state index in [1.807, 2.05) is 70.5 Å². The summed E-state index contributed by atoms with van der Waals surface area (Å²) in [5, 5.41) is 41.4. The summed E-state index contributed by atoms with van der Waals surface area (Å²) in [7, 11) is 3.13. The van der Waals surface area contributed by atoms with Crippen LogP contribution < -0.4 is 9.47 Å². The van der Waals surface area contributed by atoms with Crippen LogP contribution in [0.1, 0.15) is 24.0 Å². The van der Waals surface area contributed by atoms with Crippen molar-refractivity contribution in [2.75, 3.05) is 40.4 Å². The van der Waals surface area contributed by atoms with E-state index in [-0.39, 0.29) is 0 Å². The van der Waals surface area contributed by atoms with Gasteiger partial charge in [-0.3, -0.25) is 9.80 Å². The van der Waals surface area contributed by atoms with Crippen molar-refractivity contribution >= 4 is 23.2 Å². The lowest BCUT2D eigenvalue weighted by Crippen LogP contribution is -2.45. The first kappa shape index (κ1) is 34.5. The lowest BCUT2D eigenvalue weighted by atomic mass is 9.98. The molecule has 2 aromatic carbocycles. The Kier molecular flexibility index (Phi) is 10.8. The average Bonchev–Trinajstić information content (AvgIpc) is 3.05. The van der Waals surface area contributed by atoms with Gasteiger partial charge in [-0.1, -0.05) is 71.7 Å². The highest BCUT2D eigenvalue weighted by atomic mass is 35.5. The highest BCUT2D eigenvalue weighted by Crippen LogP contribution is 2.42. The van der Waals surface area contributed by atoms with E-state index in [0.29, 0.717) is 96.4 Å². The number of rotatable bonds is 9. The minimum absolute atomic E-state index is 0.376. The fourth-order valence-electron chi connectivity index (χ4n) is 6.72. The van der Waals surface area contributed by atoms with E-state index in [2.05, 4.69) is 0 Å². The molecule has 0 spiro atoms. The molecule has 4 N–H and O–H groups in total. The summed E-state index contributed by atoms with van der Waals surface area (Å²) in [6.07, 6.45) is -1.55. The summed E-state index contributed by atoms with van der Waals surface area (Å²) < 4.78 is 11.3. The van der Waals surface area contributed by atoms with Crippen LogP contribution in [-0.4, -0.2) is 105 Å². The molecule has 6 rings (SSSR count). The Balaban J connectivity index is 1.27. The number of hydrogen-bond donors (Lipinski definition) is 4. The van der Waals surface area contributed by atoms with Crippen LogP contribution in [-0.2, 0) is 13.1 Å². The van der Waals surface area contributed by atoms with Crippen LogP contribution in [0.15, 0.2) is 60.7 Å². The SMILES string of the molecule is COc1nc(-c2cccc(-c3cccc(-c4ccc(CN5C[C@H](O)C[C@H](O)C5)c(OC)n4)c3Cl)c2Cl)ccc1CN1C[C@H](O)C[C@H](O)C1. The highest BCUT2D eigenvalue weighted by Gasteiger charge is 2.27. The summed E-state index contributed by atoms with van der Waals surface area (Å²) in [5.41, 5.74) is 5.81. The van der Waals surface area contributed by atoms with Crippen molar-refractivity contribution in [3.8, 4) is 45.4 Å². The number of piperidine rings is 2. The first-order valence-corrected chi connectivity index (χ1v) is 16.7. The number of halogens is 2. The number of aliphatic hydroxyl groups is 4. The van der Waals surface area contributed by atoms with Gasteiger partial charge in [0.1, 0.15) is 0 Å². The molecule has 0 amide bonds. The third kappa shape index (κ3) is 7.61. The van der Waals surface area contributed by atoms with E-state index in [9.17, 15) is 20.4 Å². The van der Waals surface area contributed by atoms with Gasteiger partial charge in [-0.2, -0.15) is 0 Å². The first-order valence-electron chi connectivity index (χ1n) is 16.0. The number of ether oxygens (including phenoxy) is 2. The number of likely N-dealkylation sites (tertiary alicyclic amines) is 2. The Bertz CT molecular complexity index is 1610. The number of hydrogen-bond acceptors (Lipinski definition) is 10. The second kappa shape index (κ2) is 15.1. The van der Waals surface area contributed by atoms with Crippen LogP contribution in [0.2, 0.25) is 10.0 Å². The van der Waals surface area contributed by atoms with Crippen LogP contribution in [0.4, 0.5) is 0 Å². The summed E-state index contributed by atoms with van der Waals surface area (Å²) in [5.74, 6) is 0.888. The average molecular weight is 696 g/mol. The zero-order valence-corrected chi connectivity index (χ0v) is 28.4. The van der Waals surface area contributed by atoms with Crippen LogP contribution >= 0.6 is 23.2 Å². The maximum Gasteiger partial charge on any atom is 0.218 e. The quantitative estimate of drug-likeness (QED) is 0.196. The molecule has 2 aromatic heterocycles. The molecule has 0 bridgehead atoms. The van der Waals surface area contributed by atoms with Crippen LogP contribution in [0.25, 0.3) is 33.6 Å². The largest absolute Gasteiger partial charge is 0.481 e. The third-order valence-electron chi connectivity index (χ3n) is 8.86. The smallest absolute Gasteiger partial charge is 0.218 e. The van der Waals surface area contributed by atoms with Gasteiger partial charge in [0.05, 0.1) is 60.1 Å². The molecule has 12 heteroatoms. The Morgan fingerprint density at radius 1 is 0.583 bits per heavy atom. The summed E-state index contributed by atoms with van der Waals surface area (Å²) in [6.45, 7) is 2.83. The molecule has 48 heavy (non-hydrogen) atoms. The summed E-state index contributed by atoms with van der Waals surface area (Å²) in [6, 6.07) is 19.1. The molecule has 2 aliphatic rings. The minimum atomic E-state index is -0.577. The summed E-state index contributed by atoms with van der Waals surface area (Å²) in [4.78, 5) is 13.5. The lowest BCUT2D eigenvalue weighted by molar-refractivity contribution is -0.0118. The van der Waals surface area contributed by atoms with E-state index in [1.165, 1.54) is 0 Å². The maximum atomic E-state index is 10.1. The molecular formula is C36H40Cl2N4O6. The van der Waals surface area contributed by atoms with Gasteiger partial charge in [-0.15, -0.1) is 0 Å². The second-order valence-electron chi connectivity index (χ2n) is 12.5. The Labute approximate surface area is 290 Å². The number of pyridine rings is 2. The van der Waals surface area contributed by atoms with Gasteiger partial charge in [0.25, 0.3) is 0 Å². The Morgan fingerprint density at radius 3 is 1.29 bits per heavy atom. The van der Waals surface area contributed by atoms with Gasteiger partial charge in [0.15, 0.2) is 0 Å². The van der Waals surface area contributed by atoms with Gasteiger partial charge in [-0.05, 0) is 12.1 Å². The van der Waals surface area contributed by atoms with Crippen molar-refractivity contribution in [2.24, 2.45) is 0 Å². The zero-order chi connectivity index (χ0) is 33.9. The monoisotopic (exact) mass is 694 g/mol. The number of methoxy groups -OCH3 is 2. The molecule has 4 aromatic rings. The molecule has 254 valence electrons. The molecule has 2 aliphatic heterocycles. The van der Waals surface area contributed by atoms with Crippen molar-refractivity contribution in [2.45, 2.75) is 50.3 Å². The number of aliphatic hydroxyl groups excluding tert-OH is 4. The Morgan fingerprint density at radius 2 is 0.938 bits per heavy atom. The highest BCUT2D eigenvalue weighted by molar-refractivity contribution is 6.39. The molecule has 0 aliphatic carbocycles. The number of aromatic nitrogens is 2. The van der Waals surface area contributed by atoms with Crippen molar-refractivity contribution in [3.05, 3.63) is 81.8 Å². The first-order chi connectivity index (χ1) is 23.1. The molecule has 4 atom stereocenters. The lowest BCUT2D eigenvalue weighted by Gasteiger charge is -2.33. The molecule has 0 saturated carbocycles. The fraction of sp³-hybridized carbons (Fsp3) is 0.389. The van der Waals surface area contributed by atoms with E-state index in [4.69, 9.17) is 42.6 Å². The summed E-state index contributed by atoms with van der Waals surface area (Å²) >= 11 is 14.1. The molecule has 4 heterocycles. The topological polar surface area (TPSA) is 132 Å². The Hall–Kier alpha value is -3.32. The van der Waals surface area contributed by atoms with E-state index in [1.54, 1.807) is 14.2 Å². The van der Waals surface area contributed by atoms with E-state index >= 15 is 0 Å². The van der Waals surface area contributed by atoms with Crippen molar-refractivity contribution in [1.29, 1.82) is 0 Å². The van der Waals surface area contributed by atoms with Crippen LogP contribution in [0, 0.1) is 0 Å². The zero-order valence-electron chi connectivity index (χ0n) is 26.9. The van der Waals surface area contributed by atoms with Gasteiger partial charge in [-0.25, -0.2) is 9.97 Å². The molecular weight excluding hydrogens is 655 g/mol. The molecule has 10 nitrogen and oxygen atoms in total.